The van der Waals surface area contributed by atoms with Crippen molar-refractivity contribution in [2.24, 2.45) is 28.6 Å². The average molecular weight is 302 g/mol. The molecule has 3 fully saturated rings. The molecular weight excluding hydrogens is 276 g/mol. The summed E-state index contributed by atoms with van der Waals surface area (Å²) in [5.41, 5.74) is 0.751. The van der Waals surface area contributed by atoms with Crippen LogP contribution >= 0.6 is 0 Å². The molecule has 120 valence electrons. The Morgan fingerprint density at radius 3 is 2.68 bits per heavy atom. The molecule has 22 heavy (non-hydrogen) atoms. The first kappa shape index (κ1) is 14.6. The fourth-order valence-corrected chi connectivity index (χ4v) is 6.22. The van der Waals surface area contributed by atoms with Crippen LogP contribution in [-0.4, -0.2) is 28.2 Å². The molecule has 3 heteroatoms. The lowest BCUT2D eigenvalue weighted by molar-refractivity contribution is -0.111. The third kappa shape index (κ3) is 1.73. The molecule has 0 aliphatic heterocycles. The van der Waals surface area contributed by atoms with Gasteiger partial charge in [-0.2, -0.15) is 0 Å². The molecular formula is C19H26O3. The maximum atomic E-state index is 11.7. The van der Waals surface area contributed by atoms with E-state index in [2.05, 4.69) is 13.8 Å². The molecule has 0 bridgehead atoms. The van der Waals surface area contributed by atoms with E-state index in [1.54, 1.807) is 12.2 Å². The monoisotopic (exact) mass is 302 g/mol. The van der Waals surface area contributed by atoms with Gasteiger partial charge < -0.3 is 10.2 Å². The first-order chi connectivity index (χ1) is 10.4. The summed E-state index contributed by atoms with van der Waals surface area (Å²) in [6.07, 6.45) is 9.53. The molecule has 3 nitrogen and oxygen atoms in total. The van der Waals surface area contributed by atoms with Gasteiger partial charge in [-0.15, -0.1) is 0 Å². The second-order valence-corrected chi connectivity index (χ2v) is 8.38. The molecule has 0 heterocycles. The number of aliphatic hydroxyl groups excluding tert-OH is 2. The number of aliphatic hydroxyl groups is 2. The normalized spacial score (nSPS) is 53.5. The van der Waals surface area contributed by atoms with Gasteiger partial charge in [0.05, 0.1) is 12.2 Å². The summed E-state index contributed by atoms with van der Waals surface area (Å²) >= 11 is 0. The molecule has 4 rings (SSSR count). The van der Waals surface area contributed by atoms with Crippen molar-refractivity contribution in [3.63, 3.8) is 0 Å². The summed E-state index contributed by atoms with van der Waals surface area (Å²) in [5.74, 6) is 1.43. The number of hydrogen-bond acceptors (Lipinski definition) is 3. The smallest absolute Gasteiger partial charge is 0.178 e. The van der Waals surface area contributed by atoms with Crippen molar-refractivity contribution in [2.75, 3.05) is 0 Å². The number of allylic oxidation sites excluding steroid dienone is 3. The molecule has 0 aromatic heterocycles. The first-order valence-electron chi connectivity index (χ1n) is 8.67. The van der Waals surface area contributed by atoms with Gasteiger partial charge >= 0.3 is 0 Å². The fraction of sp³-hybridized carbons (Fsp3) is 0.737. The highest BCUT2D eigenvalue weighted by molar-refractivity contribution is 6.01. The zero-order chi connectivity index (χ0) is 15.7. The molecule has 2 N–H and O–H groups in total. The SMILES string of the molecule is C[C@]12CC[C@H]3[C@@H](CC(O)C4=CC(=O)C=C[C@@]43C)[C@@H]1CC[C@@H]2O. The minimum absolute atomic E-state index is 0.00177. The van der Waals surface area contributed by atoms with E-state index in [0.29, 0.717) is 17.8 Å². The summed E-state index contributed by atoms with van der Waals surface area (Å²) in [6, 6.07) is 0. The highest BCUT2D eigenvalue weighted by atomic mass is 16.3. The van der Waals surface area contributed by atoms with Crippen molar-refractivity contribution in [1.82, 2.24) is 0 Å². The second-order valence-electron chi connectivity index (χ2n) is 8.38. The molecule has 0 amide bonds. The lowest BCUT2D eigenvalue weighted by atomic mass is 9.48. The number of carbonyl (C=O) groups is 1. The Balaban J connectivity index is 1.74. The van der Waals surface area contributed by atoms with Gasteiger partial charge in [0.25, 0.3) is 0 Å². The van der Waals surface area contributed by atoms with Crippen LogP contribution < -0.4 is 0 Å². The Bertz CT molecular complexity index is 577. The predicted octanol–water partition coefficient (Wildman–Crippen LogP) is 2.63. The minimum Gasteiger partial charge on any atom is -0.393 e. The van der Waals surface area contributed by atoms with Gasteiger partial charge in [0.2, 0.25) is 0 Å². The largest absolute Gasteiger partial charge is 0.393 e. The Labute approximate surface area is 132 Å². The zero-order valence-electron chi connectivity index (χ0n) is 13.5. The maximum Gasteiger partial charge on any atom is 0.178 e. The topological polar surface area (TPSA) is 57.5 Å². The van der Waals surface area contributed by atoms with E-state index in [0.717, 1.165) is 37.7 Å². The van der Waals surface area contributed by atoms with Gasteiger partial charge in [-0.25, -0.2) is 0 Å². The molecule has 0 radical (unpaired) electrons. The van der Waals surface area contributed by atoms with E-state index in [1.165, 1.54) is 0 Å². The van der Waals surface area contributed by atoms with Gasteiger partial charge in [0.15, 0.2) is 5.78 Å². The Morgan fingerprint density at radius 2 is 1.91 bits per heavy atom. The van der Waals surface area contributed by atoms with Crippen LogP contribution in [0.3, 0.4) is 0 Å². The zero-order valence-corrected chi connectivity index (χ0v) is 13.5. The van der Waals surface area contributed by atoms with Crippen molar-refractivity contribution in [2.45, 2.75) is 58.2 Å². The highest BCUT2D eigenvalue weighted by Crippen LogP contribution is 2.64. The van der Waals surface area contributed by atoms with Crippen molar-refractivity contribution in [3.8, 4) is 0 Å². The average Bonchev–Trinajstić information content (AvgIpc) is 2.77. The van der Waals surface area contributed by atoms with Crippen molar-refractivity contribution < 1.29 is 15.0 Å². The van der Waals surface area contributed by atoms with Gasteiger partial charge in [-0.05, 0) is 73.0 Å². The molecule has 0 saturated heterocycles. The van der Waals surface area contributed by atoms with Crippen LogP contribution in [0.25, 0.3) is 0 Å². The summed E-state index contributed by atoms with van der Waals surface area (Å²) in [5, 5.41) is 21.1. The van der Waals surface area contributed by atoms with Gasteiger partial charge in [-0.3, -0.25) is 4.79 Å². The van der Waals surface area contributed by atoms with Crippen molar-refractivity contribution >= 4 is 5.78 Å². The van der Waals surface area contributed by atoms with Crippen LogP contribution in [0.2, 0.25) is 0 Å². The quantitative estimate of drug-likeness (QED) is 0.723. The molecule has 0 aromatic rings. The van der Waals surface area contributed by atoms with E-state index in [-0.39, 0.29) is 22.7 Å². The van der Waals surface area contributed by atoms with Gasteiger partial charge in [-0.1, -0.05) is 19.9 Å². The van der Waals surface area contributed by atoms with E-state index >= 15 is 0 Å². The van der Waals surface area contributed by atoms with Crippen LogP contribution in [0, 0.1) is 28.6 Å². The Kier molecular flexibility index (Phi) is 3.03. The molecule has 0 aromatic carbocycles. The van der Waals surface area contributed by atoms with Gasteiger partial charge in [0.1, 0.15) is 0 Å². The van der Waals surface area contributed by atoms with Crippen LogP contribution in [0.1, 0.15) is 46.0 Å². The van der Waals surface area contributed by atoms with Crippen molar-refractivity contribution in [3.05, 3.63) is 23.8 Å². The van der Waals surface area contributed by atoms with Crippen LogP contribution in [0.15, 0.2) is 23.8 Å². The summed E-state index contributed by atoms with van der Waals surface area (Å²) < 4.78 is 0. The Hall–Kier alpha value is -0.930. The standard InChI is InChI=1S/C19H26O3/c1-18-7-5-11(20)9-15(18)16(21)10-12-13-3-4-17(22)19(13,2)8-6-14(12)18/h5,7,9,12-14,16-17,21-22H,3-4,6,8,10H2,1-2H3/t12-,13-,14-,16?,17-,18+,19-/m0/s1. The van der Waals surface area contributed by atoms with Crippen molar-refractivity contribution in [1.29, 1.82) is 0 Å². The molecule has 4 aliphatic carbocycles. The van der Waals surface area contributed by atoms with Crippen LogP contribution in [-0.2, 0) is 4.79 Å². The van der Waals surface area contributed by atoms with E-state index in [9.17, 15) is 15.0 Å². The number of ketones is 1. The maximum absolute atomic E-state index is 11.7. The molecule has 0 spiro atoms. The van der Waals surface area contributed by atoms with Crippen LogP contribution in [0.4, 0.5) is 0 Å². The number of fused-ring (bicyclic) bond motifs is 5. The molecule has 1 unspecified atom stereocenters. The van der Waals surface area contributed by atoms with E-state index in [4.69, 9.17) is 0 Å². The van der Waals surface area contributed by atoms with E-state index < -0.39 is 6.10 Å². The third-order valence-electron chi connectivity index (χ3n) is 7.53. The molecule has 7 atom stereocenters. The van der Waals surface area contributed by atoms with Crippen LogP contribution in [0.5, 0.6) is 0 Å². The fourth-order valence-electron chi connectivity index (χ4n) is 6.22. The molecule has 4 aliphatic rings. The lowest BCUT2D eigenvalue weighted by Crippen LogP contribution is -2.53. The second kappa shape index (κ2) is 4.55. The highest BCUT2D eigenvalue weighted by Gasteiger charge is 2.59. The molecule has 3 saturated carbocycles. The minimum atomic E-state index is -0.514. The number of rotatable bonds is 0. The van der Waals surface area contributed by atoms with Gasteiger partial charge in [0, 0.05) is 5.41 Å². The Morgan fingerprint density at radius 1 is 1.14 bits per heavy atom. The summed E-state index contributed by atoms with van der Waals surface area (Å²) in [7, 11) is 0. The number of carbonyl (C=O) groups excluding carboxylic acids is 1. The summed E-state index contributed by atoms with van der Waals surface area (Å²) in [6.45, 7) is 4.43. The third-order valence-corrected chi connectivity index (χ3v) is 7.53. The first-order valence-corrected chi connectivity index (χ1v) is 8.67. The predicted molar refractivity (Wildman–Crippen MR) is 84.0 cm³/mol. The summed E-state index contributed by atoms with van der Waals surface area (Å²) in [4.78, 5) is 11.7. The number of hydrogen-bond donors (Lipinski definition) is 2. The lowest BCUT2D eigenvalue weighted by Gasteiger charge is -2.57. The van der Waals surface area contributed by atoms with E-state index in [1.807, 2.05) is 6.08 Å².